The second kappa shape index (κ2) is 4.27. The van der Waals surface area contributed by atoms with Crippen LogP contribution in [0, 0.1) is 6.92 Å². The lowest BCUT2D eigenvalue weighted by atomic mass is 10.1. The summed E-state index contributed by atoms with van der Waals surface area (Å²) < 4.78 is 5.12. The van der Waals surface area contributed by atoms with Crippen LogP contribution in [0.1, 0.15) is 5.56 Å². The fourth-order valence-electron chi connectivity index (χ4n) is 1.84. The molecule has 3 heterocycles. The summed E-state index contributed by atoms with van der Waals surface area (Å²) in [6, 6.07) is 5.99. The summed E-state index contributed by atoms with van der Waals surface area (Å²) in [7, 11) is 0. The van der Waals surface area contributed by atoms with Gasteiger partial charge in [0.05, 0.1) is 5.56 Å². The quantitative estimate of drug-likeness (QED) is 0.764. The Bertz CT molecular complexity index is 673. The van der Waals surface area contributed by atoms with Gasteiger partial charge < -0.3 is 10.3 Å². The number of aromatic nitrogens is 2. The maximum Gasteiger partial charge on any atom is 0.231 e. The van der Waals surface area contributed by atoms with E-state index in [9.17, 15) is 0 Å². The molecule has 18 heavy (non-hydrogen) atoms. The van der Waals surface area contributed by atoms with Crippen molar-refractivity contribution in [3.63, 3.8) is 0 Å². The molecule has 0 aromatic carbocycles. The van der Waals surface area contributed by atoms with Gasteiger partial charge in [-0.05, 0) is 30.0 Å². The lowest BCUT2D eigenvalue weighted by molar-refractivity contribution is 0.439. The molecular weight excluding hydrogens is 246 g/mol. The number of nitrogens with zero attached hydrogens (tertiary/aromatic N) is 2. The van der Waals surface area contributed by atoms with E-state index in [1.807, 2.05) is 30.5 Å². The highest BCUT2D eigenvalue weighted by molar-refractivity contribution is 7.13. The highest BCUT2D eigenvalue weighted by Gasteiger charge is 2.18. The molecule has 5 heteroatoms. The van der Waals surface area contributed by atoms with E-state index in [0.29, 0.717) is 5.88 Å². The summed E-state index contributed by atoms with van der Waals surface area (Å²) in [5.74, 6) is 0.342. The van der Waals surface area contributed by atoms with E-state index < -0.39 is 0 Å². The van der Waals surface area contributed by atoms with E-state index in [1.165, 1.54) is 0 Å². The molecule has 0 spiro atoms. The molecule has 3 rings (SSSR count). The Morgan fingerprint density at radius 1 is 1.33 bits per heavy atom. The summed E-state index contributed by atoms with van der Waals surface area (Å²) in [4.78, 5) is 5.22. The first-order valence-corrected chi connectivity index (χ1v) is 6.34. The molecule has 2 N–H and O–H groups in total. The molecular formula is C13H11N3OS. The van der Waals surface area contributed by atoms with Crippen LogP contribution in [-0.2, 0) is 0 Å². The minimum absolute atomic E-state index is 0.342. The second-order valence-electron chi connectivity index (χ2n) is 4.00. The van der Waals surface area contributed by atoms with E-state index >= 15 is 0 Å². The number of anilines is 1. The number of pyridine rings is 1. The van der Waals surface area contributed by atoms with Crippen LogP contribution in [0.15, 0.2) is 40.5 Å². The Hall–Kier alpha value is -2.14. The molecule has 0 amide bonds. The van der Waals surface area contributed by atoms with Gasteiger partial charge in [-0.25, -0.2) is 0 Å². The van der Waals surface area contributed by atoms with E-state index in [-0.39, 0.29) is 0 Å². The van der Waals surface area contributed by atoms with E-state index in [0.717, 1.165) is 27.3 Å². The fourth-order valence-corrected chi connectivity index (χ4v) is 2.62. The fraction of sp³-hybridized carbons (Fsp3) is 0.0769. The summed E-state index contributed by atoms with van der Waals surface area (Å²) >= 11 is 1.61. The number of hydrogen-bond donors (Lipinski definition) is 1. The topological polar surface area (TPSA) is 64.9 Å². The minimum Gasteiger partial charge on any atom is -0.367 e. The molecule has 3 aromatic rings. The van der Waals surface area contributed by atoms with Crippen molar-refractivity contribution in [3.05, 3.63) is 41.5 Å². The molecule has 0 radical (unpaired) electrons. The van der Waals surface area contributed by atoms with Crippen LogP contribution in [0.25, 0.3) is 21.7 Å². The SMILES string of the molecule is Cc1cncc(-c2noc(N)c2-c2cccs2)c1. The molecule has 0 aliphatic carbocycles. The van der Waals surface area contributed by atoms with Crippen LogP contribution in [0.2, 0.25) is 0 Å². The first kappa shape index (κ1) is 11.0. The van der Waals surface area contributed by atoms with Crippen molar-refractivity contribution >= 4 is 17.2 Å². The van der Waals surface area contributed by atoms with Crippen LogP contribution < -0.4 is 5.73 Å². The molecule has 0 atom stereocenters. The van der Waals surface area contributed by atoms with Crippen molar-refractivity contribution in [2.45, 2.75) is 6.92 Å². The predicted octanol–water partition coefficient (Wildman–Crippen LogP) is 3.36. The maximum atomic E-state index is 5.87. The van der Waals surface area contributed by atoms with Gasteiger partial charge in [0.25, 0.3) is 0 Å². The Kier molecular flexibility index (Phi) is 2.60. The Morgan fingerprint density at radius 3 is 2.94 bits per heavy atom. The first-order chi connectivity index (χ1) is 8.75. The molecule has 3 aromatic heterocycles. The number of nitrogen functional groups attached to an aromatic ring is 1. The molecule has 0 fully saturated rings. The molecule has 0 saturated heterocycles. The van der Waals surface area contributed by atoms with E-state index in [4.69, 9.17) is 10.3 Å². The highest BCUT2D eigenvalue weighted by atomic mass is 32.1. The molecule has 90 valence electrons. The highest BCUT2D eigenvalue weighted by Crippen LogP contribution is 2.38. The average Bonchev–Trinajstić information content (AvgIpc) is 2.97. The standard InChI is InChI=1S/C13H11N3OS/c1-8-5-9(7-15-6-8)12-11(13(14)17-16-12)10-3-2-4-18-10/h2-7H,14H2,1H3. The predicted molar refractivity (Wildman–Crippen MR) is 72.2 cm³/mol. The van der Waals surface area contributed by atoms with Gasteiger partial charge in [-0.15, -0.1) is 11.3 Å². The van der Waals surface area contributed by atoms with Crippen molar-refractivity contribution < 1.29 is 4.52 Å². The van der Waals surface area contributed by atoms with Crippen LogP contribution in [0.5, 0.6) is 0 Å². The van der Waals surface area contributed by atoms with Crippen LogP contribution in [-0.4, -0.2) is 10.1 Å². The molecule has 0 saturated carbocycles. The Balaban J connectivity index is 2.20. The minimum atomic E-state index is 0.342. The maximum absolute atomic E-state index is 5.87. The third-order valence-electron chi connectivity index (χ3n) is 2.63. The molecule has 4 nitrogen and oxygen atoms in total. The summed E-state index contributed by atoms with van der Waals surface area (Å²) in [5.41, 5.74) is 9.44. The number of hydrogen-bond acceptors (Lipinski definition) is 5. The zero-order chi connectivity index (χ0) is 12.5. The summed E-state index contributed by atoms with van der Waals surface area (Å²) in [6.07, 6.45) is 3.57. The van der Waals surface area contributed by atoms with Crippen LogP contribution >= 0.6 is 11.3 Å². The normalized spacial score (nSPS) is 10.7. The summed E-state index contributed by atoms with van der Waals surface area (Å²) in [5, 5.41) is 6.05. The monoisotopic (exact) mass is 257 g/mol. The summed E-state index contributed by atoms with van der Waals surface area (Å²) in [6.45, 7) is 1.99. The molecule has 0 unspecified atom stereocenters. The van der Waals surface area contributed by atoms with Crippen LogP contribution in [0.3, 0.4) is 0 Å². The van der Waals surface area contributed by atoms with Crippen molar-refractivity contribution in [1.29, 1.82) is 0 Å². The smallest absolute Gasteiger partial charge is 0.231 e. The lowest BCUT2D eigenvalue weighted by Crippen LogP contribution is -1.87. The lowest BCUT2D eigenvalue weighted by Gasteiger charge is -2.00. The van der Waals surface area contributed by atoms with Gasteiger partial charge in [0.2, 0.25) is 5.88 Å². The van der Waals surface area contributed by atoms with Gasteiger partial charge in [0.15, 0.2) is 0 Å². The third kappa shape index (κ3) is 1.78. The average molecular weight is 257 g/mol. The van der Waals surface area contributed by atoms with Gasteiger partial charge in [0, 0.05) is 22.8 Å². The van der Waals surface area contributed by atoms with Gasteiger partial charge in [-0.1, -0.05) is 11.2 Å². The van der Waals surface area contributed by atoms with Gasteiger partial charge in [-0.2, -0.15) is 0 Å². The van der Waals surface area contributed by atoms with Gasteiger partial charge in [0.1, 0.15) is 5.69 Å². The molecule has 0 aliphatic heterocycles. The zero-order valence-corrected chi connectivity index (χ0v) is 10.6. The molecule has 0 aliphatic rings. The van der Waals surface area contributed by atoms with Gasteiger partial charge in [-0.3, -0.25) is 4.98 Å². The van der Waals surface area contributed by atoms with Crippen molar-refractivity contribution in [3.8, 4) is 21.7 Å². The van der Waals surface area contributed by atoms with Crippen molar-refractivity contribution in [2.75, 3.05) is 5.73 Å². The number of rotatable bonds is 2. The van der Waals surface area contributed by atoms with E-state index in [2.05, 4.69) is 10.1 Å². The van der Waals surface area contributed by atoms with Crippen molar-refractivity contribution in [2.24, 2.45) is 0 Å². The second-order valence-corrected chi connectivity index (χ2v) is 4.95. The third-order valence-corrected chi connectivity index (χ3v) is 3.52. The Labute approximate surface area is 108 Å². The van der Waals surface area contributed by atoms with Crippen LogP contribution in [0.4, 0.5) is 5.88 Å². The number of thiophene rings is 1. The first-order valence-electron chi connectivity index (χ1n) is 5.47. The number of nitrogens with two attached hydrogens (primary N) is 1. The largest absolute Gasteiger partial charge is 0.367 e. The molecule has 0 bridgehead atoms. The van der Waals surface area contributed by atoms with Gasteiger partial charge >= 0.3 is 0 Å². The van der Waals surface area contributed by atoms with E-state index in [1.54, 1.807) is 23.7 Å². The Morgan fingerprint density at radius 2 is 2.22 bits per heavy atom. The number of aryl methyl sites for hydroxylation is 1. The zero-order valence-electron chi connectivity index (χ0n) is 9.75. The van der Waals surface area contributed by atoms with Crippen molar-refractivity contribution in [1.82, 2.24) is 10.1 Å².